The number of rotatable bonds is 2. The lowest BCUT2D eigenvalue weighted by molar-refractivity contribution is 0.519. The van der Waals surface area contributed by atoms with Crippen molar-refractivity contribution in [2.75, 3.05) is 0 Å². The van der Waals surface area contributed by atoms with Gasteiger partial charge in [0.05, 0.1) is 0 Å². The largest absolute Gasteiger partial charge is 0.206 e. The fourth-order valence-corrected chi connectivity index (χ4v) is 2.45. The molecule has 0 bridgehead atoms. The van der Waals surface area contributed by atoms with Gasteiger partial charge in [-0.3, -0.25) is 0 Å². The van der Waals surface area contributed by atoms with Crippen molar-refractivity contribution >= 4 is 0 Å². The molecule has 0 aliphatic carbocycles. The van der Waals surface area contributed by atoms with Crippen LogP contribution in [0.4, 0.5) is 4.39 Å². The smallest absolute Gasteiger partial charge is 0.129 e. The molecule has 0 nitrogen and oxygen atoms in total. The van der Waals surface area contributed by atoms with Gasteiger partial charge in [0, 0.05) is 0 Å². The third-order valence-electron chi connectivity index (χ3n) is 3.73. The van der Waals surface area contributed by atoms with Crippen molar-refractivity contribution < 1.29 is 4.39 Å². The molecular formula is C19H23F. The second kappa shape index (κ2) is 5.40. The maximum absolute atomic E-state index is 14.3. The SMILES string of the molecule is CCc1cccc(-c2cc(C)c(F)c(C(C)(C)C)c2)c1. The minimum atomic E-state index is -0.187. The Bertz CT molecular complexity index is 618. The Morgan fingerprint density at radius 2 is 1.70 bits per heavy atom. The molecule has 0 aliphatic heterocycles. The van der Waals surface area contributed by atoms with Gasteiger partial charge < -0.3 is 0 Å². The maximum Gasteiger partial charge on any atom is 0.129 e. The van der Waals surface area contributed by atoms with Gasteiger partial charge >= 0.3 is 0 Å². The molecule has 0 aromatic heterocycles. The third-order valence-corrected chi connectivity index (χ3v) is 3.73. The summed E-state index contributed by atoms with van der Waals surface area (Å²) < 4.78 is 14.3. The molecule has 0 radical (unpaired) electrons. The first kappa shape index (κ1) is 14.8. The van der Waals surface area contributed by atoms with Gasteiger partial charge in [0.15, 0.2) is 0 Å². The van der Waals surface area contributed by atoms with Crippen molar-refractivity contribution in [1.29, 1.82) is 0 Å². The van der Waals surface area contributed by atoms with Gasteiger partial charge in [-0.2, -0.15) is 0 Å². The number of benzene rings is 2. The van der Waals surface area contributed by atoms with Crippen LogP contribution in [-0.4, -0.2) is 0 Å². The highest BCUT2D eigenvalue weighted by Crippen LogP contribution is 2.32. The van der Waals surface area contributed by atoms with Gasteiger partial charge in [-0.15, -0.1) is 0 Å². The second-order valence-corrected chi connectivity index (χ2v) is 6.46. The quantitative estimate of drug-likeness (QED) is 0.660. The summed E-state index contributed by atoms with van der Waals surface area (Å²) in [5.74, 6) is -0.0760. The topological polar surface area (TPSA) is 0 Å². The van der Waals surface area contributed by atoms with E-state index in [1.54, 1.807) is 0 Å². The zero-order valence-electron chi connectivity index (χ0n) is 13.0. The molecule has 0 fully saturated rings. The third kappa shape index (κ3) is 2.92. The second-order valence-electron chi connectivity index (χ2n) is 6.46. The number of halogens is 1. The molecule has 2 aromatic rings. The highest BCUT2D eigenvalue weighted by molar-refractivity contribution is 5.66. The van der Waals surface area contributed by atoms with Crippen LogP contribution in [0.25, 0.3) is 11.1 Å². The number of aryl methyl sites for hydroxylation is 2. The first-order chi connectivity index (χ1) is 9.32. The summed E-state index contributed by atoms with van der Waals surface area (Å²) in [6.07, 6.45) is 1.01. The summed E-state index contributed by atoms with van der Waals surface area (Å²) >= 11 is 0. The van der Waals surface area contributed by atoms with E-state index >= 15 is 0 Å². The Morgan fingerprint density at radius 1 is 1.00 bits per heavy atom. The Hall–Kier alpha value is -1.63. The monoisotopic (exact) mass is 270 g/mol. The summed E-state index contributed by atoms with van der Waals surface area (Å²) in [5.41, 5.74) is 4.89. The molecule has 0 unspecified atom stereocenters. The summed E-state index contributed by atoms with van der Waals surface area (Å²) in [6, 6.07) is 12.4. The molecule has 0 saturated carbocycles. The van der Waals surface area contributed by atoms with Gasteiger partial charge in [-0.25, -0.2) is 4.39 Å². The maximum atomic E-state index is 14.3. The molecule has 20 heavy (non-hydrogen) atoms. The van der Waals surface area contributed by atoms with Crippen LogP contribution in [0.2, 0.25) is 0 Å². The zero-order valence-corrected chi connectivity index (χ0v) is 13.0. The zero-order chi connectivity index (χ0) is 14.9. The molecule has 0 N–H and O–H groups in total. The average Bonchev–Trinajstić information content (AvgIpc) is 2.40. The van der Waals surface area contributed by atoms with Crippen LogP contribution < -0.4 is 0 Å². The summed E-state index contributed by atoms with van der Waals surface area (Å²) in [6.45, 7) is 10.2. The van der Waals surface area contributed by atoms with Crippen LogP contribution >= 0.6 is 0 Å². The van der Waals surface area contributed by atoms with Crippen LogP contribution in [0.3, 0.4) is 0 Å². The van der Waals surface area contributed by atoms with E-state index in [1.165, 1.54) is 5.56 Å². The lowest BCUT2D eigenvalue weighted by Gasteiger charge is -2.22. The molecule has 106 valence electrons. The predicted octanol–water partition coefficient (Wildman–Crippen LogP) is 5.66. The number of hydrogen-bond acceptors (Lipinski definition) is 0. The van der Waals surface area contributed by atoms with E-state index in [-0.39, 0.29) is 11.2 Å². The number of hydrogen-bond donors (Lipinski definition) is 0. The van der Waals surface area contributed by atoms with Crippen molar-refractivity contribution in [1.82, 2.24) is 0 Å². The van der Waals surface area contributed by atoms with Gasteiger partial charge in [0.1, 0.15) is 5.82 Å². The van der Waals surface area contributed by atoms with Crippen molar-refractivity contribution in [3.8, 4) is 11.1 Å². The van der Waals surface area contributed by atoms with Gasteiger partial charge in [0.2, 0.25) is 0 Å². The fraction of sp³-hybridized carbons (Fsp3) is 0.368. The summed E-state index contributed by atoms with van der Waals surface area (Å²) in [7, 11) is 0. The molecule has 0 amide bonds. The van der Waals surface area contributed by atoms with Gasteiger partial charge in [0.25, 0.3) is 0 Å². The fourth-order valence-electron chi connectivity index (χ4n) is 2.45. The molecule has 0 spiro atoms. The van der Waals surface area contributed by atoms with Crippen LogP contribution in [0.1, 0.15) is 44.4 Å². The minimum Gasteiger partial charge on any atom is -0.206 e. The Kier molecular flexibility index (Phi) is 3.99. The Morgan fingerprint density at radius 3 is 2.30 bits per heavy atom. The molecule has 0 aliphatic rings. The van der Waals surface area contributed by atoms with E-state index in [1.807, 2.05) is 19.1 Å². The van der Waals surface area contributed by atoms with Crippen molar-refractivity contribution in [3.63, 3.8) is 0 Å². The minimum absolute atomic E-state index is 0.0760. The van der Waals surface area contributed by atoms with E-state index in [2.05, 4.69) is 52.0 Å². The lowest BCUT2D eigenvalue weighted by atomic mass is 9.83. The predicted molar refractivity (Wildman–Crippen MR) is 84.7 cm³/mol. The molecule has 0 saturated heterocycles. The van der Waals surface area contributed by atoms with Crippen LogP contribution in [0.15, 0.2) is 36.4 Å². The van der Waals surface area contributed by atoms with E-state index in [4.69, 9.17) is 0 Å². The van der Waals surface area contributed by atoms with Gasteiger partial charge in [-0.05, 0) is 58.7 Å². The van der Waals surface area contributed by atoms with Gasteiger partial charge in [-0.1, -0.05) is 52.0 Å². The Balaban J connectivity index is 2.60. The summed E-state index contributed by atoms with van der Waals surface area (Å²) in [4.78, 5) is 0. The van der Waals surface area contributed by atoms with E-state index in [9.17, 15) is 4.39 Å². The molecular weight excluding hydrogens is 247 g/mol. The standard InChI is InChI=1S/C19H23F/c1-6-14-8-7-9-15(11-14)16-10-13(2)18(20)17(12-16)19(3,4)5/h7-12H,6H2,1-5H3. The van der Waals surface area contributed by atoms with Crippen molar-refractivity contribution in [3.05, 3.63) is 58.9 Å². The first-order valence-corrected chi connectivity index (χ1v) is 7.23. The van der Waals surface area contributed by atoms with Crippen molar-refractivity contribution in [2.24, 2.45) is 0 Å². The van der Waals surface area contributed by atoms with E-state index < -0.39 is 0 Å². The molecule has 2 rings (SSSR count). The highest BCUT2D eigenvalue weighted by atomic mass is 19.1. The first-order valence-electron chi connectivity index (χ1n) is 7.23. The lowest BCUT2D eigenvalue weighted by Crippen LogP contribution is -2.14. The molecule has 0 heterocycles. The van der Waals surface area contributed by atoms with E-state index in [0.717, 1.165) is 23.1 Å². The van der Waals surface area contributed by atoms with Crippen LogP contribution in [0, 0.1) is 12.7 Å². The summed E-state index contributed by atoms with van der Waals surface area (Å²) in [5, 5.41) is 0. The normalized spacial score (nSPS) is 11.7. The van der Waals surface area contributed by atoms with Crippen LogP contribution in [0.5, 0.6) is 0 Å². The van der Waals surface area contributed by atoms with Crippen molar-refractivity contribution in [2.45, 2.75) is 46.5 Å². The average molecular weight is 270 g/mol. The van der Waals surface area contributed by atoms with E-state index in [0.29, 0.717) is 5.56 Å². The van der Waals surface area contributed by atoms with Crippen LogP contribution in [-0.2, 0) is 11.8 Å². The Labute approximate surface area is 121 Å². The molecule has 0 atom stereocenters. The molecule has 1 heteroatoms. The molecule has 2 aromatic carbocycles. The highest BCUT2D eigenvalue weighted by Gasteiger charge is 2.20.